The number of rotatable bonds is 15. The molecular weight excluding hydrogens is 578 g/mol. The fraction of sp³-hybridized carbons (Fsp3) is 0.355. The normalized spacial score (nSPS) is 11.9. The van der Waals surface area contributed by atoms with E-state index in [1.807, 2.05) is 30.3 Å². The molecule has 2 N–H and O–H groups in total. The van der Waals surface area contributed by atoms with Crippen LogP contribution >= 0.6 is 11.6 Å². The van der Waals surface area contributed by atoms with Gasteiger partial charge in [-0.3, -0.25) is 9.59 Å². The molecule has 1 atom stereocenters. The van der Waals surface area contributed by atoms with Gasteiger partial charge in [0, 0.05) is 31.1 Å². The molecule has 0 spiro atoms. The monoisotopic (exact) mass is 615 g/mol. The van der Waals surface area contributed by atoms with Crippen molar-refractivity contribution in [2.45, 2.75) is 50.6 Å². The molecule has 0 aliphatic heterocycles. The predicted molar refractivity (Wildman–Crippen MR) is 163 cm³/mol. The number of aryl methyl sites for hydroxylation is 1. The molecule has 0 saturated heterocycles. The minimum absolute atomic E-state index is 0.149. The molecule has 0 aliphatic carbocycles. The van der Waals surface area contributed by atoms with Gasteiger partial charge in [0.15, 0.2) is 11.5 Å². The van der Waals surface area contributed by atoms with Crippen LogP contribution in [0.5, 0.6) is 11.5 Å². The highest BCUT2D eigenvalue weighted by molar-refractivity contribution is 7.89. The molecule has 0 heterocycles. The first-order valence-corrected chi connectivity index (χ1v) is 15.5. The van der Waals surface area contributed by atoms with Crippen LogP contribution in [0.3, 0.4) is 0 Å². The topological polar surface area (TPSA) is 114 Å². The first-order chi connectivity index (χ1) is 20.1. The third-order valence-electron chi connectivity index (χ3n) is 6.79. The number of hydrogen-bond acceptors (Lipinski definition) is 6. The van der Waals surface area contributed by atoms with Crippen LogP contribution < -0.4 is 19.5 Å². The molecule has 0 aromatic heterocycles. The smallest absolute Gasteiger partial charge is 0.242 e. The molecule has 0 fully saturated rings. The lowest BCUT2D eigenvalue weighted by Gasteiger charge is -2.29. The molecular formula is C31H38ClN3O6S. The summed E-state index contributed by atoms with van der Waals surface area (Å²) in [5.74, 6) is 0.778. The second kappa shape index (κ2) is 15.6. The Morgan fingerprint density at radius 2 is 1.50 bits per heavy atom. The number of benzene rings is 3. The summed E-state index contributed by atoms with van der Waals surface area (Å²) < 4.78 is 37.5. The lowest BCUT2D eigenvalue weighted by molar-refractivity contribution is -0.140. The molecule has 2 amide bonds. The van der Waals surface area contributed by atoms with E-state index in [2.05, 4.69) is 10.0 Å². The van der Waals surface area contributed by atoms with Crippen molar-refractivity contribution in [1.29, 1.82) is 0 Å². The van der Waals surface area contributed by atoms with E-state index in [0.29, 0.717) is 42.5 Å². The minimum atomic E-state index is -3.55. The first kappa shape index (κ1) is 32.9. The van der Waals surface area contributed by atoms with Gasteiger partial charge in [-0.1, -0.05) is 48.9 Å². The highest BCUT2D eigenvalue weighted by Gasteiger charge is 2.26. The zero-order valence-corrected chi connectivity index (χ0v) is 25.9. The second-order valence-corrected chi connectivity index (χ2v) is 11.9. The van der Waals surface area contributed by atoms with E-state index in [4.69, 9.17) is 21.1 Å². The van der Waals surface area contributed by atoms with Crippen LogP contribution in [-0.2, 0) is 39.0 Å². The average Bonchev–Trinajstić information content (AvgIpc) is 2.99. The van der Waals surface area contributed by atoms with Gasteiger partial charge in [-0.25, -0.2) is 13.1 Å². The van der Waals surface area contributed by atoms with E-state index in [-0.39, 0.29) is 29.7 Å². The molecule has 3 aromatic carbocycles. The van der Waals surface area contributed by atoms with Crippen molar-refractivity contribution in [3.05, 3.63) is 88.4 Å². The largest absolute Gasteiger partial charge is 0.493 e. The van der Waals surface area contributed by atoms with Gasteiger partial charge in [0.1, 0.15) is 6.04 Å². The Hall–Kier alpha value is -3.60. The van der Waals surface area contributed by atoms with Crippen LogP contribution in [0.15, 0.2) is 71.6 Å². The van der Waals surface area contributed by atoms with E-state index in [9.17, 15) is 18.0 Å². The van der Waals surface area contributed by atoms with E-state index in [1.165, 1.54) is 12.1 Å². The number of halogens is 1. The quantitative estimate of drug-likeness (QED) is 0.263. The highest BCUT2D eigenvalue weighted by atomic mass is 35.5. The Morgan fingerprint density at radius 3 is 2.12 bits per heavy atom. The molecule has 0 radical (unpaired) electrons. The number of amides is 2. The van der Waals surface area contributed by atoms with Crippen molar-refractivity contribution in [3.8, 4) is 11.5 Å². The maximum absolute atomic E-state index is 13.5. The third kappa shape index (κ3) is 9.20. The fourth-order valence-corrected chi connectivity index (χ4v) is 5.55. The van der Waals surface area contributed by atoms with Crippen molar-refractivity contribution in [2.75, 3.05) is 27.3 Å². The van der Waals surface area contributed by atoms with Crippen LogP contribution in [0, 0.1) is 0 Å². The Balaban J connectivity index is 1.66. The van der Waals surface area contributed by atoms with Crippen LogP contribution in [-0.4, -0.2) is 58.5 Å². The lowest BCUT2D eigenvalue weighted by atomic mass is 10.1. The minimum Gasteiger partial charge on any atom is -0.493 e. The number of nitrogens with one attached hydrogen (secondary N) is 2. The summed E-state index contributed by atoms with van der Waals surface area (Å²) in [5.41, 5.74) is 2.63. The molecule has 3 aromatic rings. The van der Waals surface area contributed by atoms with Gasteiger partial charge in [0.25, 0.3) is 0 Å². The molecule has 0 saturated carbocycles. The van der Waals surface area contributed by atoms with Crippen molar-refractivity contribution < 1.29 is 27.5 Å². The van der Waals surface area contributed by atoms with E-state index < -0.39 is 16.1 Å². The van der Waals surface area contributed by atoms with Gasteiger partial charge in [-0.15, -0.1) is 0 Å². The highest BCUT2D eigenvalue weighted by Crippen LogP contribution is 2.27. The Kier molecular flexibility index (Phi) is 12.2. The van der Waals surface area contributed by atoms with Gasteiger partial charge in [-0.2, -0.15) is 0 Å². The van der Waals surface area contributed by atoms with Crippen molar-refractivity contribution >= 4 is 33.4 Å². The standard InChI is InChI=1S/C31H38ClN3O6S/c1-5-34-42(38,39)27-14-8-23(9-15-27)11-17-30(36)35(21-25-6-12-26(32)13-7-25)22(2)31(37)33-19-18-24-10-16-28(40-3)29(20-24)41-4/h6-10,12-16,20,22,34H,5,11,17-19,21H2,1-4H3,(H,33,37)/t22-/m1/s1. The number of sulfonamides is 1. The zero-order chi connectivity index (χ0) is 30.7. The molecule has 0 unspecified atom stereocenters. The number of carbonyl (C=O) groups excluding carboxylic acids is 2. The van der Waals surface area contributed by atoms with Gasteiger partial charge in [0.05, 0.1) is 19.1 Å². The lowest BCUT2D eigenvalue weighted by Crippen LogP contribution is -2.48. The summed E-state index contributed by atoms with van der Waals surface area (Å²) in [6, 6.07) is 18.5. The average molecular weight is 616 g/mol. The van der Waals surface area contributed by atoms with E-state index in [1.54, 1.807) is 57.2 Å². The van der Waals surface area contributed by atoms with E-state index >= 15 is 0 Å². The molecule has 226 valence electrons. The fourth-order valence-electron chi connectivity index (χ4n) is 4.39. The van der Waals surface area contributed by atoms with Crippen LogP contribution in [0.4, 0.5) is 0 Å². The zero-order valence-electron chi connectivity index (χ0n) is 24.4. The number of carbonyl (C=O) groups is 2. The van der Waals surface area contributed by atoms with Crippen LogP contribution in [0.1, 0.15) is 37.0 Å². The second-order valence-electron chi connectivity index (χ2n) is 9.70. The van der Waals surface area contributed by atoms with Crippen molar-refractivity contribution in [1.82, 2.24) is 14.9 Å². The van der Waals surface area contributed by atoms with Gasteiger partial charge in [-0.05, 0) is 72.9 Å². The molecule has 3 rings (SSSR count). The summed E-state index contributed by atoms with van der Waals surface area (Å²) in [5, 5.41) is 3.52. The number of methoxy groups -OCH3 is 2. The molecule has 42 heavy (non-hydrogen) atoms. The number of ether oxygens (including phenoxy) is 2. The maximum atomic E-state index is 13.5. The SMILES string of the molecule is CCNS(=O)(=O)c1ccc(CCC(=O)N(Cc2ccc(Cl)cc2)[C@H](C)C(=O)NCCc2ccc(OC)c(OC)c2)cc1. The summed E-state index contributed by atoms with van der Waals surface area (Å²) in [6.45, 7) is 4.33. The predicted octanol–water partition coefficient (Wildman–Crippen LogP) is 4.36. The summed E-state index contributed by atoms with van der Waals surface area (Å²) in [6.07, 6.45) is 1.12. The molecule has 11 heteroatoms. The Labute approximate surface area is 253 Å². The number of nitrogens with zero attached hydrogens (tertiary/aromatic N) is 1. The Morgan fingerprint density at radius 1 is 0.881 bits per heavy atom. The van der Waals surface area contributed by atoms with Gasteiger partial charge in [0.2, 0.25) is 21.8 Å². The summed E-state index contributed by atoms with van der Waals surface area (Å²) >= 11 is 6.04. The summed E-state index contributed by atoms with van der Waals surface area (Å²) in [7, 11) is -0.408. The van der Waals surface area contributed by atoms with Gasteiger partial charge >= 0.3 is 0 Å². The van der Waals surface area contributed by atoms with Crippen LogP contribution in [0.25, 0.3) is 0 Å². The molecule has 0 aliphatic rings. The Bertz CT molecular complexity index is 1450. The summed E-state index contributed by atoms with van der Waals surface area (Å²) in [4.78, 5) is 28.4. The van der Waals surface area contributed by atoms with Crippen molar-refractivity contribution in [2.24, 2.45) is 0 Å². The maximum Gasteiger partial charge on any atom is 0.242 e. The van der Waals surface area contributed by atoms with Gasteiger partial charge < -0.3 is 19.7 Å². The molecule has 9 nitrogen and oxygen atoms in total. The van der Waals surface area contributed by atoms with Crippen molar-refractivity contribution in [3.63, 3.8) is 0 Å². The van der Waals surface area contributed by atoms with E-state index in [0.717, 1.165) is 16.7 Å². The molecule has 0 bridgehead atoms. The third-order valence-corrected chi connectivity index (χ3v) is 8.60. The number of hydrogen-bond donors (Lipinski definition) is 2. The van der Waals surface area contributed by atoms with Crippen LogP contribution in [0.2, 0.25) is 5.02 Å². The first-order valence-electron chi connectivity index (χ1n) is 13.7.